The molecule has 1 aliphatic rings. The van der Waals surface area contributed by atoms with Crippen LogP contribution in [0.15, 0.2) is 108 Å². The van der Waals surface area contributed by atoms with Crippen molar-refractivity contribution in [2.75, 3.05) is 12.0 Å². The molecule has 8 nitrogen and oxygen atoms in total. The Morgan fingerprint density at radius 2 is 1.67 bits per heavy atom. The maximum atomic E-state index is 11.4. The van der Waals surface area contributed by atoms with E-state index < -0.39 is 5.97 Å². The summed E-state index contributed by atoms with van der Waals surface area (Å²) in [7, 11) is 1.63. The number of nitrogens with one attached hydrogen (secondary N) is 1. The number of aromatic carboxylic acids is 1. The fourth-order valence-corrected chi connectivity index (χ4v) is 5.45. The van der Waals surface area contributed by atoms with Crippen molar-refractivity contribution in [1.82, 2.24) is 10.3 Å². The summed E-state index contributed by atoms with van der Waals surface area (Å²) in [5.41, 5.74) is 3.54. The number of hydrogen-bond donors (Lipinski definition) is 2. The number of carboxylic acids is 1. The largest absolute Gasteiger partial charge is 0.497 e. The van der Waals surface area contributed by atoms with Gasteiger partial charge in [0, 0.05) is 17.4 Å². The molecule has 2 N–H and O–H groups in total. The van der Waals surface area contributed by atoms with Crippen LogP contribution >= 0.6 is 12.2 Å². The van der Waals surface area contributed by atoms with Crippen LogP contribution in [0.3, 0.4) is 0 Å². The van der Waals surface area contributed by atoms with E-state index in [4.69, 9.17) is 26.1 Å². The minimum absolute atomic E-state index is 0.231. The minimum Gasteiger partial charge on any atom is -0.497 e. The molecule has 2 atom stereocenters. The van der Waals surface area contributed by atoms with Crippen molar-refractivity contribution in [1.29, 1.82) is 0 Å². The summed E-state index contributed by atoms with van der Waals surface area (Å²) in [6, 6.07) is 29.1. The lowest BCUT2D eigenvalue weighted by Gasteiger charge is -2.26. The summed E-state index contributed by atoms with van der Waals surface area (Å²) in [5, 5.41) is 13.3. The lowest BCUT2D eigenvalue weighted by molar-refractivity contribution is 0.0696. The zero-order valence-corrected chi connectivity index (χ0v) is 23.7. The average molecular weight is 578 g/mol. The maximum Gasteiger partial charge on any atom is 0.335 e. The molecule has 2 aromatic heterocycles. The third kappa shape index (κ3) is 5.29. The topological polar surface area (TPSA) is 97.1 Å². The molecule has 1 fully saturated rings. The fourth-order valence-electron chi connectivity index (χ4n) is 5.11. The number of ether oxygens (including phenoxy) is 2. The number of aryl methyl sites for hydroxylation is 1. The van der Waals surface area contributed by atoms with Gasteiger partial charge < -0.3 is 29.2 Å². The van der Waals surface area contributed by atoms with Crippen molar-refractivity contribution < 1.29 is 23.8 Å². The van der Waals surface area contributed by atoms with Crippen molar-refractivity contribution in [3.05, 3.63) is 126 Å². The van der Waals surface area contributed by atoms with E-state index in [0.29, 0.717) is 28.1 Å². The van der Waals surface area contributed by atoms with Crippen molar-refractivity contribution in [3.63, 3.8) is 0 Å². The lowest BCUT2D eigenvalue weighted by atomic mass is 10.0. The number of aromatic nitrogens is 1. The van der Waals surface area contributed by atoms with Gasteiger partial charge in [-0.1, -0.05) is 12.1 Å². The standard InChI is InChI=1S/C33H27N3O5S/c1-20-19-21(32(37)38)6-15-26(20)28-16-17-29(41-28)31-30(27-5-3-4-18-34-27)35-33(42)36(31)22-7-9-24(10-8-22)40-25-13-11-23(39-2)12-14-25/h3-19,30-31H,1-2H3,(H,35,42)(H,37,38)/t30-,31-/m0/s1. The van der Waals surface area contributed by atoms with Crippen LogP contribution in [0.1, 0.15) is 39.5 Å². The Balaban J connectivity index is 1.33. The van der Waals surface area contributed by atoms with Gasteiger partial charge in [-0.25, -0.2) is 4.79 Å². The van der Waals surface area contributed by atoms with Crippen LogP contribution in [0.2, 0.25) is 0 Å². The number of methoxy groups -OCH3 is 1. The number of thiocarbonyl (C=S) groups is 1. The monoisotopic (exact) mass is 577 g/mol. The number of anilines is 1. The number of carbonyl (C=O) groups is 1. The van der Waals surface area contributed by atoms with Gasteiger partial charge in [-0.3, -0.25) is 4.98 Å². The summed E-state index contributed by atoms with van der Waals surface area (Å²) in [5.74, 6) is 2.50. The van der Waals surface area contributed by atoms with Crippen LogP contribution in [0, 0.1) is 6.92 Å². The van der Waals surface area contributed by atoms with Gasteiger partial charge in [0.1, 0.15) is 34.8 Å². The van der Waals surface area contributed by atoms with E-state index in [1.165, 1.54) is 0 Å². The van der Waals surface area contributed by atoms with Gasteiger partial charge in [0.05, 0.1) is 24.4 Å². The van der Waals surface area contributed by atoms with Crippen molar-refractivity contribution in [2.24, 2.45) is 0 Å². The summed E-state index contributed by atoms with van der Waals surface area (Å²) in [6.07, 6.45) is 1.76. The number of hydrogen-bond acceptors (Lipinski definition) is 6. The third-order valence-electron chi connectivity index (χ3n) is 7.17. The second-order valence-electron chi connectivity index (χ2n) is 9.80. The summed E-state index contributed by atoms with van der Waals surface area (Å²) < 4.78 is 17.7. The first-order chi connectivity index (χ1) is 20.4. The molecule has 0 unspecified atom stereocenters. The van der Waals surface area contributed by atoms with Gasteiger partial charge in [-0.2, -0.15) is 0 Å². The molecule has 0 radical (unpaired) electrons. The first-order valence-corrected chi connectivity index (χ1v) is 13.7. The van der Waals surface area contributed by atoms with Crippen molar-refractivity contribution >= 4 is 29.0 Å². The van der Waals surface area contributed by atoms with Crippen molar-refractivity contribution in [3.8, 4) is 28.6 Å². The number of nitrogens with zero attached hydrogens (tertiary/aromatic N) is 2. The lowest BCUT2D eigenvalue weighted by Crippen LogP contribution is -2.29. The van der Waals surface area contributed by atoms with E-state index in [2.05, 4.69) is 10.3 Å². The third-order valence-corrected chi connectivity index (χ3v) is 7.48. The molecule has 1 saturated heterocycles. The first-order valence-electron chi connectivity index (χ1n) is 13.3. The molecule has 3 aromatic carbocycles. The second-order valence-corrected chi connectivity index (χ2v) is 10.2. The maximum absolute atomic E-state index is 11.4. The highest BCUT2D eigenvalue weighted by Gasteiger charge is 2.42. The SMILES string of the molecule is COc1ccc(Oc2ccc(N3C(=S)N[C@@H](c4ccccn4)[C@@H]3c3ccc(-c4ccc(C(=O)O)cc4C)o3)cc2)cc1. The van der Waals surface area contributed by atoms with E-state index in [1.807, 2.05) is 90.7 Å². The predicted molar refractivity (Wildman–Crippen MR) is 163 cm³/mol. The number of rotatable bonds is 8. The van der Waals surface area contributed by atoms with Crippen LogP contribution < -0.4 is 19.7 Å². The number of pyridine rings is 1. The number of carboxylic acid groups (broad SMARTS) is 1. The molecule has 210 valence electrons. The van der Waals surface area contributed by atoms with Gasteiger partial charge in [0.25, 0.3) is 0 Å². The highest BCUT2D eigenvalue weighted by Crippen LogP contribution is 2.43. The Hall–Kier alpha value is -5.15. The molecule has 0 saturated carbocycles. The summed E-state index contributed by atoms with van der Waals surface area (Å²) in [4.78, 5) is 18.0. The smallest absolute Gasteiger partial charge is 0.335 e. The summed E-state index contributed by atoms with van der Waals surface area (Å²) >= 11 is 5.84. The van der Waals surface area contributed by atoms with Crippen LogP contribution in [-0.2, 0) is 0 Å². The van der Waals surface area contributed by atoms with Crippen LogP contribution in [0.5, 0.6) is 17.2 Å². The zero-order valence-electron chi connectivity index (χ0n) is 22.9. The molecule has 0 bridgehead atoms. The van der Waals surface area contributed by atoms with E-state index >= 15 is 0 Å². The Kier molecular flexibility index (Phi) is 7.33. The molecule has 0 aliphatic carbocycles. The normalized spacial score (nSPS) is 16.2. The van der Waals surface area contributed by atoms with Gasteiger partial charge in [-0.05, 0) is 110 Å². The Bertz CT molecular complexity index is 1740. The first kappa shape index (κ1) is 27.0. The van der Waals surface area contributed by atoms with Gasteiger partial charge in [0.15, 0.2) is 5.11 Å². The highest BCUT2D eigenvalue weighted by atomic mass is 32.1. The van der Waals surface area contributed by atoms with Gasteiger partial charge in [0.2, 0.25) is 0 Å². The molecule has 5 aromatic rings. The van der Waals surface area contributed by atoms with Crippen LogP contribution in [0.4, 0.5) is 5.69 Å². The minimum atomic E-state index is -0.968. The average Bonchev–Trinajstić information content (AvgIpc) is 3.63. The molecule has 6 rings (SSSR count). The molecule has 0 amide bonds. The predicted octanol–water partition coefficient (Wildman–Crippen LogP) is 7.33. The van der Waals surface area contributed by atoms with Crippen LogP contribution in [0.25, 0.3) is 11.3 Å². The molecular weight excluding hydrogens is 550 g/mol. The Morgan fingerprint density at radius 1 is 0.952 bits per heavy atom. The summed E-state index contributed by atoms with van der Waals surface area (Å²) in [6.45, 7) is 1.87. The number of benzene rings is 3. The van der Waals surface area contributed by atoms with Crippen LogP contribution in [-0.4, -0.2) is 28.3 Å². The molecule has 9 heteroatoms. The quantitative estimate of drug-likeness (QED) is 0.184. The molecule has 1 aliphatic heterocycles. The van der Waals surface area contributed by atoms with E-state index in [0.717, 1.165) is 28.3 Å². The Morgan fingerprint density at radius 3 is 2.31 bits per heavy atom. The van der Waals surface area contributed by atoms with E-state index in [1.54, 1.807) is 31.5 Å². The van der Waals surface area contributed by atoms with Crippen molar-refractivity contribution in [2.45, 2.75) is 19.0 Å². The molecule has 3 heterocycles. The molecule has 0 spiro atoms. The molecular formula is C33H27N3O5S. The Labute approximate surface area is 248 Å². The van der Waals surface area contributed by atoms with E-state index in [-0.39, 0.29) is 17.6 Å². The zero-order chi connectivity index (χ0) is 29.2. The second kappa shape index (κ2) is 11.4. The number of furan rings is 1. The molecule has 42 heavy (non-hydrogen) atoms. The highest BCUT2D eigenvalue weighted by molar-refractivity contribution is 7.80. The van der Waals surface area contributed by atoms with Gasteiger partial charge >= 0.3 is 5.97 Å². The fraction of sp³-hybridized carbons (Fsp3) is 0.121. The van der Waals surface area contributed by atoms with Gasteiger partial charge in [-0.15, -0.1) is 0 Å². The van der Waals surface area contributed by atoms with E-state index in [9.17, 15) is 9.90 Å².